The average molecular weight is 330 g/mol. The normalized spacial score (nSPS) is 11.0. The number of thiophene rings is 2. The minimum absolute atomic E-state index is 0.258. The van der Waals surface area contributed by atoms with Crippen molar-refractivity contribution in [2.45, 2.75) is 0 Å². The highest BCUT2D eigenvalue weighted by atomic mass is 32.1. The lowest BCUT2D eigenvalue weighted by molar-refractivity contribution is 0.0959. The van der Waals surface area contributed by atoms with Crippen molar-refractivity contribution in [3.05, 3.63) is 69.5 Å². The number of rotatable bonds is 4. The van der Waals surface area contributed by atoms with Gasteiger partial charge < -0.3 is 0 Å². The van der Waals surface area contributed by atoms with Gasteiger partial charge in [0.15, 0.2) is 0 Å². The number of amides is 1. The van der Waals surface area contributed by atoms with Crippen molar-refractivity contribution in [3.63, 3.8) is 0 Å². The molecule has 3 aromatic rings. The van der Waals surface area contributed by atoms with Gasteiger partial charge in [-0.3, -0.25) is 4.79 Å². The van der Waals surface area contributed by atoms with E-state index in [9.17, 15) is 9.18 Å². The van der Waals surface area contributed by atoms with Gasteiger partial charge in [-0.15, -0.1) is 22.7 Å². The molecule has 0 aliphatic heterocycles. The number of benzene rings is 1. The van der Waals surface area contributed by atoms with Gasteiger partial charge in [0.2, 0.25) is 0 Å². The lowest BCUT2D eigenvalue weighted by Gasteiger charge is -1.97. The van der Waals surface area contributed by atoms with Crippen molar-refractivity contribution in [1.29, 1.82) is 0 Å². The van der Waals surface area contributed by atoms with E-state index in [1.54, 1.807) is 35.8 Å². The summed E-state index contributed by atoms with van der Waals surface area (Å²) in [6, 6.07) is 13.6. The molecule has 0 bridgehead atoms. The van der Waals surface area contributed by atoms with E-state index < -0.39 is 0 Å². The minimum atomic E-state index is -0.277. The second kappa shape index (κ2) is 6.64. The Kier molecular flexibility index (Phi) is 4.41. The third-order valence-corrected chi connectivity index (χ3v) is 4.80. The number of hydrogen-bond donors (Lipinski definition) is 1. The Morgan fingerprint density at radius 2 is 1.95 bits per heavy atom. The molecule has 6 heteroatoms. The Morgan fingerprint density at radius 1 is 1.14 bits per heavy atom. The van der Waals surface area contributed by atoms with Crippen LogP contribution in [0.1, 0.15) is 14.5 Å². The zero-order valence-corrected chi connectivity index (χ0v) is 13.0. The maximum Gasteiger partial charge on any atom is 0.281 e. The number of hydrogen-bond acceptors (Lipinski definition) is 4. The topological polar surface area (TPSA) is 41.5 Å². The van der Waals surface area contributed by atoms with Gasteiger partial charge in [0.25, 0.3) is 5.91 Å². The predicted octanol–water partition coefficient (Wildman–Crippen LogP) is 4.38. The number of halogens is 1. The maximum atomic E-state index is 12.9. The second-order valence-electron chi connectivity index (χ2n) is 4.39. The van der Waals surface area contributed by atoms with Crippen molar-refractivity contribution in [1.82, 2.24) is 5.43 Å². The number of carbonyl (C=O) groups is 1. The summed E-state index contributed by atoms with van der Waals surface area (Å²) in [4.78, 5) is 14.4. The molecule has 0 spiro atoms. The van der Waals surface area contributed by atoms with Gasteiger partial charge in [0.05, 0.1) is 11.1 Å². The van der Waals surface area contributed by atoms with Crippen LogP contribution in [0.5, 0.6) is 0 Å². The molecule has 0 saturated heterocycles. The molecule has 0 radical (unpaired) electrons. The molecule has 3 nitrogen and oxygen atoms in total. The SMILES string of the molecule is O=C(N/N=C\c1cccs1)c1ccc(-c2ccc(F)cc2)s1. The molecule has 0 atom stereocenters. The Labute approximate surface area is 134 Å². The van der Waals surface area contributed by atoms with Gasteiger partial charge in [-0.05, 0) is 41.3 Å². The van der Waals surface area contributed by atoms with Crippen molar-refractivity contribution in [2.24, 2.45) is 5.10 Å². The fourth-order valence-corrected chi connectivity index (χ4v) is 3.29. The highest BCUT2D eigenvalue weighted by molar-refractivity contribution is 7.17. The van der Waals surface area contributed by atoms with E-state index in [1.165, 1.54) is 23.5 Å². The largest absolute Gasteiger partial charge is 0.281 e. The van der Waals surface area contributed by atoms with E-state index in [1.807, 2.05) is 23.6 Å². The molecule has 1 amide bonds. The molecule has 2 heterocycles. The number of nitrogens with zero attached hydrogens (tertiary/aromatic N) is 1. The maximum absolute atomic E-state index is 12.9. The van der Waals surface area contributed by atoms with Gasteiger partial charge in [-0.1, -0.05) is 18.2 Å². The fraction of sp³-hybridized carbons (Fsp3) is 0. The minimum Gasteiger partial charge on any atom is -0.266 e. The third-order valence-electron chi connectivity index (χ3n) is 2.86. The van der Waals surface area contributed by atoms with Crippen LogP contribution in [0.3, 0.4) is 0 Å². The van der Waals surface area contributed by atoms with Crippen LogP contribution in [0.2, 0.25) is 0 Å². The summed E-state index contributed by atoms with van der Waals surface area (Å²) in [6.45, 7) is 0. The average Bonchev–Trinajstić information content (AvgIpc) is 3.19. The first-order valence-corrected chi connectivity index (χ1v) is 8.15. The zero-order valence-electron chi connectivity index (χ0n) is 11.3. The monoisotopic (exact) mass is 330 g/mol. The molecule has 1 aromatic carbocycles. The summed E-state index contributed by atoms with van der Waals surface area (Å²) in [5.74, 6) is -0.535. The first-order valence-electron chi connectivity index (χ1n) is 6.45. The number of carbonyl (C=O) groups excluding carboxylic acids is 1. The van der Waals surface area contributed by atoms with Crippen LogP contribution in [0, 0.1) is 5.82 Å². The molecule has 0 aliphatic carbocycles. The van der Waals surface area contributed by atoms with Crippen molar-refractivity contribution in [2.75, 3.05) is 0 Å². The summed E-state index contributed by atoms with van der Waals surface area (Å²) < 4.78 is 12.9. The summed E-state index contributed by atoms with van der Waals surface area (Å²) in [6.07, 6.45) is 1.61. The van der Waals surface area contributed by atoms with Gasteiger partial charge in [0.1, 0.15) is 5.82 Å². The van der Waals surface area contributed by atoms with E-state index >= 15 is 0 Å². The smallest absolute Gasteiger partial charge is 0.266 e. The lowest BCUT2D eigenvalue weighted by Crippen LogP contribution is -2.15. The highest BCUT2D eigenvalue weighted by Crippen LogP contribution is 2.28. The molecule has 22 heavy (non-hydrogen) atoms. The van der Waals surface area contributed by atoms with Crippen LogP contribution in [0.4, 0.5) is 4.39 Å². The van der Waals surface area contributed by atoms with Crippen molar-refractivity contribution < 1.29 is 9.18 Å². The van der Waals surface area contributed by atoms with Crippen LogP contribution in [-0.4, -0.2) is 12.1 Å². The van der Waals surface area contributed by atoms with E-state index in [4.69, 9.17) is 0 Å². The molecular weight excluding hydrogens is 319 g/mol. The van der Waals surface area contributed by atoms with Crippen LogP contribution in [0.25, 0.3) is 10.4 Å². The van der Waals surface area contributed by atoms with Gasteiger partial charge in [0, 0.05) is 9.75 Å². The molecule has 110 valence electrons. The first-order chi connectivity index (χ1) is 10.7. The van der Waals surface area contributed by atoms with Gasteiger partial charge >= 0.3 is 0 Å². The molecular formula is C16H11FN2OS2. The summed E-state index contributed by atoms with van der Waals surface area (Å²) in [7, 11) is 0. The van der Waals surface area contributed by atoms with Gasteiger partial charge in [-0.25, -0.2) is 9.82 Å². The quantitative estimate of drug-likeness (QED) is 0.560. The Balaban J connectivity index is 1.68. The summed E-state index contributed by atoms with van der Waals surface area (Å²) >= 11 is 2.89. The molecule has 0 saturated carbocycles. The molecule has 3 rings (SSSR count). The van der Waals surface area contributed by atoms with Crippen LogP contribution in [0.15, 0.2) is 59.0 Å². The predicted molar refractivity (Wildman–Crippen MR) is 89.1 cm³/mol. The molecule has 0 unspecified atom stereocenters. The molecule has 2 aromatic heterocycles. The van der Waals surface area contributed by atoms with E-state index in [0.717, 1.165) is 15.3 Å². The Bertz CT molecular complexity index is 792. The van der Waals surface area contributed by atoms with Crippen LogP contribution >= 0.6 is 22.7 Å². The third kappa shape index (κ3) is 3.47. The highest BCUT2D eigenvalue weighted by Gasteiger charge is 2.09. The lowest BCUT2D eigenvalue weighted by atomic mass is 10.2. The molecule has 0 fully saturated rings. The number of nitrogens with one attached hydrogen (secondary N) is 1. The number of hydrazone groups is 1. The van der Waals surface area contributed by atoms with Crippen LogP contribution in [-0.2, 0) is 0 Å². The molecule has 0 aliphatic rings. The summed E-state index contributed by atoms with van der Waals surface area (Å²) in [5, 5.41) is 5.87. The molecule has 1 N–H and O–H groups in total. The van der Waals surface area contributed by atoms with Gasteiger partial charge in [-0.2, -0.15) is 5.10 Å². The first kappa shape index (κ1) is 14.6. The second-order valence-corrected chi connectivity index (χ2v) is 6.45. The van der Waals surface area contributed by atoms with E-state index in [-0.39, 0.29) is 11.7 Å². The van der Waals surface area contributed by atoms with Crippen molar-refractivity contribution in [3.8, 4) is 10.4 Å². The fourth-order valence-electron chi connectivity index (χ4n) is 1.80. The Morgan fingerprint density at radius 3 is 2.68 bits per heavy atom. The zero-order chi connectivity index (χ0) is 15.4. The van der Waals surface area contributed by atoms with E-state index in [0.29, 0.717) is 4.88 Å². The Hall–Kier alpha value is -2.31. The standard InChI is InChI=1S/C16H11FN2OS2/c17-12-5-3-11(4-6-12)14-7-8-15(22-14)16(20)19-18-10-13-2-1-9-21-13/h1-10H,(H,19,20)/b18-10-. The summed E-state index contributed by atoms with van der Waals surface area (Å²) in [5.41, 5.74) is 3.38. The van der Waals surface area contributed by atoms with Crippen LogP contribution < -0.4 is 5.43 Å². The van der Waals surface area contributed by atoms with Crippen molar-refractivity contribution >= 4 is 34.8 Å². The van der Waals surface area contributed by atoms with E-state index in [2.05, 4.69) is 10.5 Å².